The summed E-state index contributed by atoms with van der Waals surface area (Å²) in [7, 11) is 1.30. The number of carbonyl (C=O) groups is 2. The summed E-state index contributed by atoms with van der Waals surface area (Å²) < 4.78 is 10.6. The second-order valence-corrected chi connectivity index (χ2v) is 7.27. The molecule has 0 aliphatic carbocycles. The minimum absolute atomic E-state index is 0.0244. The first-order valence-corrected chi connectivity index (χ1v) is 9.63. The van der Waals surface area contributed by atoms with Crippen molar-refractivity contribution in [2.45, 2.75) is 19.4 Å². The number of ether oxygens (including phenoxy) is 1. The molecule has 30 heavy (non-hydrogen) atoms. The van der Waals surface area contributed by atoms with Gasteiger partial charge in [-0.05, 0) is 43.2 Å². The molecule has 0 fully saturated rings. The molecule has 1 aliphatic rings. The third-order valence-electron chi connectivity index (χ3n) is 5.33. The molecule has 0 radical (unpaired) electrons. The molecule has 154 valence electrons. The Morgan fingerprint density at radius 1 is 1.17 bits per heavy atom. The largest absolute Gasteiger partial charge is 0.465 e. The Bertz CT molecular complexity index is 1190. The fraction of sp³-hybridized carbons (Fsp3) is 0.261. The van der Waals surface area contributed by atoms with Gasteiger partial charge in [-0.3, -0.25) is 9.59 Å². The van der Waals surface area contributed by atoms with Crippen LogP contribution >= 0.6 is 0 Å². The van der Waals surface area contributed by atoms with Crippen LogP contribution in [0, 0.1) is 6.92 Å². The van der Waals surface area contributed by atoms with Gasteiger partial charge in [-0.2, -0.15) is 0 Å². The van der Waals surface area contributed by atoms with Crippen LogP contribution in [0.15, 0.2) is 51.7 Å². The molecule has 0 bridgehead atoms. The third-order valence-corrected chi connectivity index (χ3v) is 5.33. The highest BCUT2D eigenvalue weighted by Gasteiger charge is 2.42. The maximum atomic E-state index is 13.4. The van der Waals surface area contributed by atoms with Crippen LogP contribution in [0.25, 0.3) is 11.0 Å². The predicted octanol–water partition coefficient (Wildman–Crippen LogP) is 2.82. The normalized spacial score (nSPS) is 15.5. The van der Waals surface area contributed by atoms with Crippen molar-refractivity contribution < 1.29 is 23.8 Å². The van der Waals surface area contributed by atoms with Gasteiger partial charge in [0.25, 0.3) is 5.91 Å². The summed E-state index contributed by atoms with van der Waals surface area (Å²) in [6, 6.07) is 11.2. The number of esters is 1. The minimum atomic E-state index is -0.660. The number of hydrogen-bond donors (Lipinski definition) is 1. The molecular formula is C23H21NO6. The van der Waals surface area contributed by atoms with E-state index in [4.69, 9.17) is 9.15 Å². The zero-order valence-corrected chi connectivity index (χ0v) is 16.7. The average molecular weight is 407 g/mol. The summed E-state index contributed by atoms with van der Waals surface area (Å²) in [5.41, 5.74) is 2.34. The first kappa shape index (κ1) is 19.8. The summed E-state index contributed by atoms with van der Waals surface area (Å²) in [6.45, 7) is 2.06. The monoisotopic (exact) mass is 407 g/mol. The molecule has 1 amide bonds. The quantitative estimate of drug-likeness (QED) is 0.654. The molecule has 7 heteroatoms. The van der Waals surface area contributed by atoms with E-state index in [-0.39, 0.29) is 35.8 Å². The fourth-order valence-corrected chi connectivity index (χ4v) is 3.87. The van der Waals surface area contributed by atoms with Gasteiger partial charge in [-0.25, -0.2) is 4.79 Å². The zero-order chi connectivity index (χ0) is 21.4. The van der Waals surface area contributed by atoms with Gasteiger partial charge in [-0.1, -0.05) is 23.8 Å². The highest BCUT2D eigenvalue weighted by molar-refractivity contribution is 5.99. The molecule has 3 aromatic rings. The van der Waals surface area contributed by atoms with Gasteiger partial charge in [-0.15, -0.1) is 0 Å². The Kier molecular flexibility index (Phi) is 5.13. The van der Waals surface area contributed by atoms with Crippen LogP contribution in [0.5, 0.6) is 0 Å². The number of amides is 1. The lowest BCUT2D eigenvalue weighted by Gasteiger charge is -2.25. The second-order valence-electron chi connectivity index (χ2n) is 7.27. The van der Waals surface area contributed by atoms with Crippen LogP contribution in [0.3, 0.4) is 0 Å². The smallest absolute Gasteiger partial charge is 0.337 e. The summed E-state index contributed by atoms with van der Waals surface area (Å²) >= 11 is 0. The van der Waals surface area contributed by atoms with Crippen LogP contribution < -0.4 is 5.43 Å². The number of methoxy groups -OCH3 is 1. The van der Waals surface area contributed by atoms with E-state index in [1.54, 1.807) is 36.4 Å². The Hall–Kier alpha value is -3.45. The van der Waals surface area contributed by atoms with Crippen LogP contribution in [-0.2, 0) is 4.74 Å². The molecule has 0 saturated carbocycles. The lowest BCUT2D eigenvalue weighted by atomic mass is 9.97. The number of rotatable bonds is 5. The number of hydrogen-bond acceptors (Lipinski definition) is 6. The molecule has 0 unspecified atom stereocenters. The lowest BCUT2D eigenvalue weighted by molar-refractivity contribution is 0.0599. The van der Waals surface area contributed by atoms with E-state index in [1.807, 2.05) is 13.0 Å². The number of fused-ring (bicyclic) bond motifs is 2. The van der Waals surface area contributed by atoms with E-state index >= 15 is 0 Å². The van der Waals surface area contributed by atoms with E-state index in [0.717, 1.165) is 5.56 Å². The van der Waals surface area contributed by atoms with Crippen molar-refractivity contribution in [3.63, 3.8) is 0 Å². The summed E-state index contributed by atoms with van der Waals surface area (Å²) in [6.07, 6.45) is 0.364. The molecule has 0 saturated heterocycles. The number of aryl methyl sites for hydroxylation is 1. The van der Waals surface area contributed by atoms with Gasteiger partial charge in [0.2, 0.25) is 5.76 Å². The van der Waals surface area contributed by atoms with Crippen LogP contribution in [0.4, 0.5) is 0 Å². The fourth-order valence-electron chi connectivity index (χ4n) is 3.87. The van der Waals surface area contributed by atoms with E-state index in [2.05, 4.69) is 0 Å². The van der Waals surface area contributed by atoms with Gasteiger partial charge in [0.15, 0.2) is 5.43 Å². The molecule has 1 aliphatic heterocycles. The topological polar surface area (TPSA) is 97.0 Å². The van der Waals surface area contributed by atoms with Gasteiger partial charge < -0.3 is 19.2 Å². The summed E-state index contributed by atoms with van der Waals surface area (Å²) in [5.74, 6) is -0.834. The van der Waals surface area contributed by atoms with E-state index in [9.17, 15) is 19.5 Å². The Morgan fingerprint density at radius 3 is 2.57 bits per heavy atom. The Balaban J connectivity index is 1.90. The SMILES string of the molecule is COC(=O)c1ccc([C@H]2c3c(oc4ccc(C)cc4c3=O)C(=O)N2CCCO)cc1. The standard InChI is InChI=1S/C23H21NO6/c1-13-4-9-17-16(12-13)20(26)18-19(14-5-7-15(8-6-14)23(28)29-2)24(10-3-11-25)22(27)21(18)30-17/h4-9,12,19,25H,3,10-11H2,1-2H3/t19-/m0/s1. The van der Waals surface area contributed by atoms with Crippen molar-refractivity contribution in [1.29, 1.82) is 0 Å². The first-order chi connectivity index (χ1) is 14.5. The Morgan fingerprint density at radius 2 is 1.90 bits per heavy atom. The molecule has 1 atom stereocenters. The first-order valence-electron chi connectivity index (χ1n) is 9.63. The number of carbonyl (C=O) groups excluding carboxylic acids is 2. The summed E-state index contributed by atoms with van der Waals surface area (Å²) in [4.78, 5) is 39.8. The average Bonchev–Trinajstić information content (AvgIpc) is 3.04. The van der Waals surface area contributed by atoms with Crippen LogP contribution in [0.2, 0.25) is 0 Å². The predicted molar refractivity (Wildman–Crippen MR) is 110 cm³/mol. The molecule has 0 spiro atoms. The van der Waals surface area contributed by atoms with Gasteiger partial charge in [0.05, 0.1) is 29.7 Å². The van der Waals surface area contributed by atoms with Crippen LogP contribution in [0.1, 0.15) is 50.1 Å². The summed E-state index contributed by atoms with van der Waals surface area (Å²) in [5, 5.41) is 9.69. The number of aliphatic hydroxyl groups is 1. The number of aliphatic hydroxyl groups excluding tert-OH is 1. The molecular weight excluding hydrogens is 386 g/mol. The van der Waals surface area contributed by atoms with Gasteiger partial charge in [0, 0.05) is 13.2 Å². The molecule has 1 N–H and O–H groups in total. The Labute approximate surface area is 172 Å². The van der Waals surface area contributed by atoms with Crippen molar-refractivity contribution >= 4 is 22.8 Å². The molecule has 7 nitrogen and oxygen atoms in total. The van der Waals surface area contributed by atoms with Crippen LogP contribution in [-0.4, -0.2) is 42.1 Å². The molecule has 1 aromatic heterocycles. The lowest BCUT2D eigenvalue weighted by Crippen LogP contribution is -2.31. The maximum Gasteiger partial charge on any atom is 0.337 e. The third kappa shape index (κ3) is 3.17. The number of nitrogens with zero attached hydrogens (tertiary/aromatic N) is 1. The zero-order valence-electron chi connectivity index (χ0n) is 16.7. The second kappa shape index (κ2) is 7.76. The highest BCUT2D eigenvalue weighted by atomic mass is 16.5. The maximum absolute atomic E-state index is 13.4. The highest BCUT2D eigenvalue weighted by Crippen LogP contribution is 2.38. The molecule has 2 aromatic carbocycles. The molecule has 4 rings (SSSR count). The van der Waals surface area contributed by atoms with Crippen molar-refractivity contribution in [1.82, 2.24) is 4.90 Å². The van der Waals surface area contributed by atoms with E-state index in [0.29, 0.717) is 28.5 Å². The van der Waals surface area contributed by atoms with E-state index in [1.165, 1.54) is 12.0 Å². The van der Waals surface area contributed by atoms with Gasteiger partial charge in [0.1, 0.15) is 5.58 Å². The van der Waals surface area contributed by atoms with E-state index < -0.39 is 12.0 Å². The molecule has 2 heterocycles. The van der Waals surface area contributed by atoms with Crippen molar-refractivity contribution in [2.75, 3.05) is 20.3 Å². The van der Waals surface area contributed by atoms with Crippen molar-refractivity contribution in [2.24, 2.45) is 0 Å². The van der Waals surface area contributed by atoms with Crippen molar-refractivity contribution in [3.8, 4) is 0 Å². The van der Waals surface area contributed by atoms with Crippen molar-refractivity contribution in [3.05, 3.63) is 80.7 Å². The number of benzene rings is 2. The van der Waals surface area contributed by atoms with Gasteiger partial charge >= 0.3 is 5.97 Å². The minimum Gasteiger partial charge on any atom is -0.465 e.